The Bertz CT molecular complexity index is 1610. The molecule has 1 unspecified atom stereocenters. The molecule has 8 nitrogen and oxygen atoms in total. The molecular formula is C26H25ClN4O4S3. The van der Waals surface area contributed by atoms with Crippen LogP contribution < -0.4 is 0 Å². The molecule has 6 rings (SSSR count). The molecule has 2 fully saturated rings. The third kappa shape index (κ3) is 4.82. The Labute approximate surface area is 233 Å². The lowest BCUT2D eigenvalue weighted by molar-refractivity contribution is -0.131. The number of amides is 2. The van der Waals surface area contributed by atoms with Gasteiger partial charge in [-0.3, -0.25) is 14.6 Å². The second kappa shape index (κ2) is 10.2. The smallest absolute Gasteiger partial charge is 0.264 e. The summed E-state index contributed by atoms with van der Waals surface area (Å²) >= 11 is 8.65. The fourth-order valence-electron chi connectivity index (χ4n) is 5.14. The summed E-state index contributed by atoms with van der Waals surface area (Å²) in [5.41, 5.74) is 0.747. The Morgan fingerprint density at radius 1 is 1.00 bits per heavy atom. The molecule has 0 N–H and O–H groups in total. The van der Waals surface area contributed by atoms with E-state index >= 15 is 0 Å². The van der Waals surface area contributed by atoms with Gasteiger partial charge in [0.2, 0.25) is 5.91 Å². The van der Waals surface area contributed by atoms with Gasteiger partial charge in [-0.05, 0) is 54.6 Å². The second-order valence-corrected chi connectivity index (χ2v) is 14.3. The summed E-state index contributed by atoms with van der Waals surface area (Å²) in [4.78, 5) is 35.2. The van der Waals surface area contributed by atoms with E-state index in [0.29, 0.717) is 23.0 Å². The maximum Gasteiger partial charge on any atom is 0.264 e. The minimum Gasteiger partial charge on any atom is -0.343 e. The van der Waals surface area contributed by atoms with Crippen molar-refractivity contribution in [3.8, 4) is 0 Å². The quantitative estimate of drug-likeness (QED) is 0.337. The van der Waals surface area contributed by atoms with Gasteiger partial charge in [-0.15, -0.1) is 22.7 Å². The molecule has 198 valence electrons. The van der Waals surface area contributed by atoms with Crippen molar-refractivity contribution in [3.05, 3.63) is 58.6 Å². The van der Waals surface area contributed by atoms with Crippen LogP contribution >= 0.6 is 34.3 Å². The van der Waals surface area contributed by atoms with Crippen LogP contribution in [0.15, 0.2) is 52.9 Å². The molecule has 0 bridgehead atoms. The second-order valence-electron chi connectivity index (χ2n) is 9.55. The standard InChI is InChI=1S/C26H25ClN4O4S3/c27-18-6-5-17-12-25(37-22(17)13-18)38(34,35)30-10-11-31(19(16-30)14-24(32)29-8-1-2-9-29)26(33)23-15-20-21(36-23)4-3-7-28-20/h3-7,12-13,15,19H,1-2,8-11,14,16H2. The Morgan fingerprint density at radius 3 is 2.61 bits per heavy atom. The molecule has 2 amide bonds. The first kappa shape index (κ1) is 25.7. The summed E-state index contributed by atoms with van der Waals surface area (Å²) in [5.74, 6) is -0.236. The van der Waals surface area contributed by atoms with E-state index in [2.05, 4.69) is 4.98 Å². The normalized spacial score (nSPS) is 19.0. The maximum absolute atomic E-state index is 13.7. The van der Waals surface area contributed by atoms with Crippen LogP contribution in [0.1, 0.15) is 28.9 Å². The topological polar surface area (TPSA) is 90.9 Å². The number of hydrogen-bond donors (Lipinski definition) is 0. The summed E-state index contributed by atoms with van der Waals surface area (Å²) in [6.07, 6.45) is 3.70. The largest absolute Gasteiger partial charge is 0.343 e. The number of hydrogen-bond acceptors (Lipinski definition) is 7. The average molecular weight is 589 g/mol. The number of thiophene rings is 2. The predicted octanol–water partition coefficient (Wildman–Crippen LogP) is 4.69. The molecule has 0 saturated carbocycles. The van der Waals surface area contributed by atoms with Crippen molar-refractivity contribution in [1.29, 1.82) is 0 Å². The zero-order valence-corrected chi connectivity index (χ0v) is 23.6. The number of sulfonamides is 1. The minimum absolute atomic E-state index is 0.0425. The molecule has 4 aromatic rings. The number of piperazine rings is 1. The molecule has 0 radical (unpaired) electrons. The van der Waals surface area contributed by atoms with Gasteiger partial charge in [0.15, 0.2) is 0 Å². The first-order chi connectivity index (χ1) is 18.3. The lowest BCUT2D eigenvalue weighted by atomic mass is 10.1. The van der Waals surface area contributed by atoms with Crippen LogP contribution in [0.2, 0.25) is 5.02 Å². The molecular weight excluding hydrogens is 564 g/mol. The highest BCUT2D eigenvalue weighted by Crippen LogP contribution is 2.34. The number of rotatable bonds is 5. The number of pyridine rings is 1. The van der Waals surface area contributed by atoms with Crippen molar-refractivity contribution in [2.45, 2.75) is 29.5 Å². The highest BCUT2D eigenvalue weighted by atomic mass is 35.5. The highest BCUT2D eigenvalue weighted by molar-refractivity contribution is 7.91. The Hall–Kier alpha value is -2.57. The van der Waals surface area contributed by atoms with Crippen LogP contribution in [0, 0.1) is 0 Å². The van der Waals surface area contributed by atoms with Crippen molar-refractivity contribution >= 4 is 76.4 Å². The van der Waals surface area contributed by atoms with E-state index < -0.39 is 16.1 Å². The molecule has 0 spiro atoms. The van der Waals surface area contributed by atoms with Crippen molar-refractivity contribution in [2.24, 2.45) is 0 Å². The summed E-state index contributed by atoms with van der Waals surface area (Å²) in [6.45, 7) is 1.82. The number of carbonyl (C=O) groups excluding carboxylic acids is 2. The van der Waals surface area contributed by atoms with E-state index in [4.69, 9.17) is 11.6 Å². The van der Waals surface area contributed by atoms with E-state index in [9.17, 15) is 18.0 Å². The zero-order valence-electron chi connectivity index (χ0n) is 20.4. The molecule has 1 atom stereocenters. The number of nitrogens with zero attached hydrogens (tertiary/aromatic N) is 4. The number of likely N-dealkylation sites (tertiary alicyclic amines) is 1. The number of aromatic nitrogens is 1. The third-order valence-corrected chi connectivity index (χ3v) is 11.9. The Morgan fingerprint density at radius 2 is 1.82 bits per heavy atom. The zero-order chi connectivity index (χ0) is 26.4. The fraction of sp³-hybridized carbons (Fsp3) is 0.346. The highest BCUT2D eigenvalue weighted by Gasteiger charge is 2.39. The van der Waals surface area contributed by atoms with Crippen LogP contribution in [0.3, 0.4) is 0 Å². The molecule has 1 aromatic carbocycles. The van der Waals surface area contributed by atoms with Crippen LogP contribution in [-0.4, -0.2) is 78.1 Å². The average Bonchev–Trinajstić information content (AvgIpc) is 3.67. The van der Waals surface area contributed by atoms with E-state index in [1.165, 1.54) is 27.0 Å². The number of benzene rings is 1. The molecule has 12 heteroatoms. The summed E-state index contributed by atoms with van der Waals surface area (Å²) in [7, 11) is -3.82. The van der Waals surface area contributed by atoms with Gasteiger partial charge < -0.3 is 9.80 Å². The summed E-state index contributed by atoms with van der Waals surface area (Å²) in [5, 5.41) is 1.36. The first-order valence-electron chi connectivity index (χ1n) is 12.4. The van der Waals surface area contributed by atoms with Gasteiger partial charge in [0, 0.05) is 55.1 Å². The molecule has 38 heavy (non-hydrogen) atoms. The minimum atomic E-state index is -3.82. The van der Waals surface area contributed by atoms with Crippen molar-refractivity contribution in [1.82, 2.24) is 19.1 Å². The molecule has 2 saturated heterocycles. The molecule has 2 aliphatic heterocycles. The van der Waals surface area contributed by atoms with E-state index in [1.54, 1.807) is 41.4 Å². The van der Waals surface area contributed by atoms with Crippen LogP contribution in [0.4, 0.5) is 0 Å². The third-order valence-electron chi connectivity index (χ3n) is 7.13. The fourth-order valence-corrected chi connectivity index (χ4v) is 9.41. The predicted molar refractivity (Wildman–Crippen MR) is 150 cm³/mol. The number of carbonyl (C=O) groups is 2. The van der Waals surface area contributed by atoms with Gasteiger partial charge in [0.25, 0.3) is 15.9 Å². The van der Waals surface area contributed by atoms with E-state index in [-0.39, 0.29) is 42.1 Å². The van der Waals surface area contributed by atoms with Crippen LogP contribution in [-0.2, 0) is 14.8 Å². The van der Waals surface area contributed by atoms with Crippen molar-refractivity contribution in [2.75, 3.05) is 32.7 Å². The molecule has 0 aliphatic carbocycles. The SMILES string of the molecule is O=C(CC1CN(S(=O)(=O)c2cc3ccc(Cl)cc3s2)CCN1C(=O)c1cc2ncccc2s1)N1CCCC1. The van der Waals surface area contributed by atoms with Gasteiger partial charge in [-0.1, -0.05) is 17.7 Å². The van der Waals surface area contributed by atoms with E-state index in [1.807, 2.05) is 17.0 Å². The first-order valence-corrected chi connectivity index (χ1v) is 15.9. The molecule has 2 aliphatic rings. The van der Waals surface area contributed by atoms with Crippen LogP contribution in [0.25, 0.3) is 20.3 Å². The Kier molecular flexibility index (Phi) is 6.89. The van der Waals surface area contributed by atoms with Crippen LogP contribution in [0.5, 0.6) is 0 Å². The van der Waals surface area contributed by atoms with Crippen molar-refractivity contribution in [3.63, 3.8) is 0 Å². The summed E-state index contributed by atoms with van der Waals surface area (Å²) in [6, 6.07) is 11.9. The molecule has 3 aromatic heterocycles. The monoisotopic (exact) mass is 588 g/mol. The molecule has 5 heterocycles. The number of fused-ring (bicyclic) bond motifs is 2. The number of halogens is 1. The van der Waals surface area contributed by atoms with Crippen molar-refractivity contribution < 1.29 is 18.0 Å². The van der Waals surface area contributed by atoms with E-state index in [0.717, 1.165) is 33.1 Å². The summed E-state index contributed by atoms with van der Waals surface area (Å²) < 4.78 is 30.7. The van der Waals surface area contributed by atoms with Gasteiger partial charge in [0.1, 0.15) is 4.21 Å². The Balaban J connectivity index is 1.29. The maximum atomic E-state index is 13.7. The van der Waals surface area contributed by atoms with Gasteiger partial charge in [0.05, 0.1) is 21.1 Å². The van der Waals surface area contributed by atoms with Gasteiger partial charge in [-0.25, -0.2) is 8.42 Å². The lowest BCUT2D eigenvalue weighted by Crippen LogP contribution is -2.57. The lowest BCUT2D eigenvalue weighted by Gasteiger charge is -2.40. The van der Waals surface area contributed by atoms with Gasteiger partial charge >= 0.3 is 0 Å². The van der Waals surface area contributed by atoms with Gasteiger partial charge in [-0.2, -0.15) is 4.31 Å².